The smallest absolute Gasteiger partial charge is 0.0701 e. The molecule has 2 aliphatic rings. The van der Waals surface area contributed by atoms with E-state index in [9.17, 15) is 0 Å². The number of aryl methyl sites for hydroxylation is 1. The average Bonchev–Trinajstić information content (AvgIpc) is 2.96. The molecule has 1 saturated heterocycles. The Morgan fingerprint density at radius 3 is 3.06 bits per heavy atom. The van der Waals surface area contributed by atoms with Gasteiger partial charge in [-0.25, -0.2) is 0 Å². The number of aromatic nitrogens is 2. The highest BCUT2D eigenvalue weighted by molar-refractivity contribution is 5.31. The fraction of sp³-hybridized carbons (Fsp3) is 0.750. The molecule has 16 heavy (non-hydrogen) atoms. The van der Waals surface area contributed by atoms with E-state index in [1.807, 2.05) is 0 Å². The third-order valence-corrected chi connectivity index (χ3v) is 4.06. The minimum absolute atomic E-state index is 0.622. The van der Waals surface area contributed by atoms with Gasteiger partial charge in [-0.3, -0.25) is 5.10 Å². The van der Waals surface area contributed by atoms with Gasteiger partial charge in [0.15, 0.2) is 0 Å². The van der Waals surface area contributed by atoms with Crippen LogP contribution in [0.4, 0.5) is 0 Å². The van der Waals surface area contributed by atoms with Crippen molar-refractivity contribution in [3.8, 4) is 0 Å². The quantitative estimate of drug-likeness (QED) is 0.682. The van der Waals surface area contributed by atoms with Crippen LogP contribution in [0.2, 0.25) is 0 Å². The highest BCUT2D eigenvalue weighted by atomic mass is 15.1. The summed E-state index contributed by atoms with van der Waals surface area (Å²) in [5, 5.41) is 11.2. The molecule has 88 valence electrons. The second kappa shape index (κ2) is 4.18. The summed E-state index contributed by atoms with van der Waals surface area (Å²) in [4.78, 5) is 0. The molecule has 0 spiro atoms. The summed E-state index contributed by atoms with van der Waals surface area (Å²) in [7, 11) is 0. The Hall–Kier alpha value is -0.870. The molecule has 1 aromatic heterocycles. The number of hydrogen-bond donors (Lipinski definition) is 3. The maximum Gasteiger partial charge on any atom is 0.0701 e. The number of fused-ring (bicyclic) bond motifs is 1. The molecule has 0 radical (unpaired) electrons. The first-order valence-corrected chi connectivity index (χ1v) is 6.35. The van der Waals surface area contributed by atoms with Crippen LogP contribution in [0.5, 0.6) is 0 Å². The summed E-state index contributed by atoms with van der Waals surface area (Å²) in [5.74, 6) is 1.29. The summed E-state index contributed by atoms with van der Waals surface area (Å²) in [5.41, 5.74) is 9.96. The van der Waals surface area contributed by atoms with E-state index in [0.29, 0.717) is 11.8 Å². The Bertz CT molecular complexity index is 365. The first-order valence-electron chi connectivity index (χ1n) is 6.35. The summed E-state index contributed by atoms with van der Waals surface area (Å²) in [6, 6.07) is 0. The molecule has 0 amide bonds. The molecule has 4 N–H and O–H groups in total. The van der Waals surface area contributed by atoms with Crippen molar-refractivity contribution < 1.29 is 0 Å². The highest BCUT2D eigenvalue weighted by Crippen LogP contribution is 2.31. The van der Waals surface area contributed by atoms with Gasteiger partial charge in [-0.05, 0) is 50.3 Å². The van der Waals surface area contributed by atoms with Gasteiger partial charge in [0.1, 0.15) is 0 Å². The number of nitrogens with zero attached hydrogens (tertiary/aromatic N) is 1. The van der Waals surface area contributed by atoms with Gasteiger partial charge in [0.25, 0.3) is 0 Å². The van der Waals surface area contributed by atoms with Crippen LogP contribution in [0.3, 0.4) is 0 Å². The van der Waals surface area contributed by atoms with Gasteiger partial charge in [0.2, 0.25) is 0 Å². The summed E-state index contributed by atoms with van der Waals surface area (Å²) < 4.78 is 0. The fourth-order valence-corrected chi connectivity index (χ4v) is 3.02. The van der Waals surface area contributed by atoms with E-state index in [0.717, 1.165) is 32.5 Å². The van der Waals surface area contributed by atoms with Crippen molar-refractivity contribution in [3.05, 3.63) is 17.0 Å². The van der Waals surface area contributed by atoms with Gasteiger partial charge in [-0.2, -0.15) is 5.10 Å². The molecule has 1 aliphatic carbocycles. The molecule has 0 aromatic carbocycles. The van der Waals surface area contributed by atoms with E-state index in [2.05, 4.69) is 15.5 Å². The third kappa shape index (κ3) is 1.66. The van der Waals surface area contributed by atoms with E-state index < -0.39 is 0 Å². The average molecular weight is 220 g/mol. The van der Waals surface area contributed by atoms with Crippen LogP contribution in [0, 0.1) is 5.92 Å². The SMILES string of the molecule is NCC1CCc2[nH]nc(C3CCNC3)c2C1. The highest BCUT2D eigenvalue weighted by Gasteiger charge is 2.28. The van der Waals surface area contributed by atoms with Crippen molar-refractivity contribution in [2.24, 2.45) is 11.7 Å². The van der Waals surface area contributed by atoms with Crippen LogP contribution in [-0.4, -0.2) is 29.8 Å². The molecule has 2 unspecified atom stereocenters. The van der Waals surface area contributed by atoms with E-state index in [1.54, 1.807) is 0 Å². The summed E-state index contributed by atoms with van der Waals surface area (Å²) >= 11 is 0. The van der Waals surface area contributed by atoms with Gasteiger partial charge in [-0.15, -0.1) is 0 Å². The second-order valence-electron chi connectivity index (χ2n) is 5.10. The molecular formula is C12H20N4. The Balaban J connectivity index is 1.87. The fourth-order valence-electron chi connectivity index (χ4n) is 3.02. The van der Waals surface area contributed by atoms with Crippen LogP contribution in [0.1, 0.15) is 35.7 Å². The van der Waals surface area contributed by atoms with Gasteiger partial charge >= 0.3 is 0 Å². The molecule has 2 atom stereocenters. The molecule has 1 fully saturated rings. The van der Waals surface area contributed by atoms with Gasteiger partial charge in [0, 0.05) is 18.2 Å². The minimum Gasteiger partial charge on any atom is -0.330 e. The third-order valence-electron chi connectivity index (χ3n) is 4.06. The molecule has 4 heteroatoms. The number of nitrogens with two attached hydrogens (primary N) is 1. The Labute approximate surface area is 96.0 Å². The lowest BCUT2D eigenvalue weighted by molar-refractivity contribution is 0.463. The first-order chi connectivity index (χ1) is 7.88. The number of nitrogens with one attached hydrogen (secondary N) is 2. The minimum atomic E-state index is 0.622. The lowest BCUT2D eigenvalue weighted by Gasteiger charge is -2.21. The molecule has 2 heterocycles. The normalized spacial score (nSPS) is 29.3. The Morgan fingerprint density at radius 2 is 2.31 bits per heavy atom. The molecule has 1 aromatic rings. The van der Waals surface area contributed by atoms with Crippen molar-refractivity contribution >= 4 is 0 Å². The van der Waals surface area contributed by atoms with Crippen molar-refractivity contribution in [2.75, 3.05) is 19.6 Å². The molecule has 0 saturated carbocycles. The van der Waals surface area contributed by atoms with Crippen molar-refractivity contribution in [2.45, 2.75) is 31.6 Å². The van der Waals surface area contributed by atoms with E-state index in [-0.39, 0.29) is 0 Å². The molecule has 1 aliphatic heterocycles. The molecule has 3 rings (SSSR count). The molecule has 0 bridgehead atoms. The standard InChI is InChI=1S/C12H20N4/c13-6-8-1-2-11-10(5-8)12(16-15-11)9-3-4-14-7-9/h8-9,14H,1-7,13H2,(H,15,16). The zero-order valence-electron chi connectivity index (χ0n) is 9.63. The lowest BCUT2D eigenvalue weighted by atomic mass is 9.84. The predicted molar refractivity (Wildman–Crippen MR) is 63.4 cm³/mol. The topological polar surface area (TPSA) is 66.7 Å². The van der Waals surface area contributed by atoms with Gasteiger partial charge in [-0.1, -0.05) is 0 Å². The monoisotopic (exact) mass is 220 g/mol. The van der Waals surface area contributed by atoms with Crippen molar-refractivity contribution in [3.63, 3.8) is 0 Å². The first kappa shape index (κ1) is 10.3. The Morgan fingerprint density at radius 1 is 1.38 bits per heavy atom. The Kier molecular flexibility index (Phi) is 2.69. The van der Waals surface area contributed by atoms with Crippen LogP contribution in [0.15, 0.2) is 0 Å². The zero-order chi connectivity index (χ0) is 11.0. The zero-order valence-corrected chi connectivity index (χ0v) is 9.63. The summed E-state index contributed by atoms with van der Waals surface area (Å²) in [6.07, 6.45) is 4.71. The maximum atomic E-state index is 5.79. The number of H-pyrrole nitrogens is 1. The van der Waals surface area contributed by atoms with Crippen LogP contribution in [0.25, 0.3) is 0 Å². The number of rotatable bonds is 2. The van der Waals surface area contributed by atoms with Gasteiger partial charge in [0.05, 0.1) is 5.69 Å². The van der Waals surface area contributed by atoms with E-state index in [4.69, 9.17) is 5.73 Å². The number of aromatic amines is 1. The van der Waals surface area contributed by atoms with E-state index >= 15 is 0 Å². The van der Waals surface area contributed by atoms with Crippen molar-refractivity contribution in [1.29, 1.82) is 0 Å². The summed E-state index contributed by atoms with van der Waals surface area (Å²) in [6.45, 7) is 3.03. The largest absolute Gasteiger partial charge is 0.330 e. The van der Waals surface area contributed by atoms with Crippen LogP contribution in [-0.2, 0) is 12.8 Å². The van der Waals surface area contributed by atoms with E-state index in [1.165, 1.54) is 29.8 Å². The molecular weight excluding hydrogens is 200 g/mol. The molecule has 4 nitrogen and oxygen atoms in total. The van der Waals surface area contributed by atoms with Crippen LogP contribution >= 0.6 is 0 Å². The number of hydrogen-bond acceptors (Lipinski definition) is 3. The van der Waals surface area contributed by atoms with Crippen LogP contribution < -0.4 is 11.1 Å². The van der Waals surface area contributed by atoms with Crippen molar-refractivity contribution in [1.82, 2.24) is 15.5 Å². The maximum absolute atomic E-state index is 5.79. The lowest BCUT2D eigenvalue weighted by Crippen LogP contribution is -2.22. The second-order valence-corrected chi connectivity index (χ2v) is 5.10. The predicted octanol–water partition coefficient (Wildman–Crippen LogP) is 0.550. The van der Waals surface area contributed by atoms with Gasteiger partial charge < -0.3 is 11.1 Å².